The van der Waals surface area contributed by atoms with E-state index in [1.54, 1.807) is 7.11 Å². The van der Waals surface area contributed by atoms with Crippen molar-refractivity contribution in [2.24, 2.45) is 0 Å². The third-order valence-corrected chi connectivity index (χ3v) is 4.73. The average molecular weight is 366 g/mol. The molecule has 3 heteroatoms. The summed E-state index contributed by atoms with van der Waals surface area (Å²) in [5.74, 6) is 0.838. The first kappa shape index (κ1) is 17.8. The Morgan fingerprint density at radius 3 is 2.00 bits per heavy atom. The zero-order valence-corrected chi connectivity index (χ0v) is 15.9. The summed E-state index contributed by atoms with van der Waals surface area (Å²) in [5, 5.41) is 4.98. The molecule has 0 unspecified atom stereocenters. The molecule has 138 valence electrons. The Bertz CT molecular complexity index is 1070. The molecule has 0 fully saturated rings. The maximum absolute atomic E-state index is 5.34. The van der Waals surface area contributed by atoms with Gasteiger partial charge in [0.05, 0.1) is 19.3 Å². The standard InChI is InChI=1S/C25H22N2O/c1-3-18-27-25(21-12-8-5-9-13-21)23(19-14-16-22(28-2)17-15-19)24(26-27)20-10-6-4-7-11-20/h3-17H,1,18H2,2H3. The first-order valence-electron chi connectivity index (χ1n) is 9.29. The maximum Gasteiger partial charge on any atom is 0.118 e. The van der Waals surface area contributed by atoms with E-state index in [1.165, 1.54) is 0 Å². The Kier molecular flexibility index (Phi) is 5.07. The van der Waals surface area contributed by atoms with E-state index in [-0.39, 0.29) is 0 Å². The van der Waals surface area contributed by atoms with Gasteiger partial charge in [0.2, 0.25) is 0 Å². The highest BCUT2D eigenvalue weighted by Crippen LogP contribution is 2.40. The molecule has 0 saturated heterocycles. The number of ether oxygens (including phenoxy) is 1. The normalized spacial score (nSPS) is 10.6. The molecule has 0 aliphatic rings. The van der Waals surface area contributed by atoms with Gasteiger partial charge >= 0.3 is 0 Å². The molecule has 0 spiro atoms. The molecule has 0 saturated carbocycles. The Labute approximate surface area is 165 Å². The van der Waals surface area contributed by atoms with Gasteiger partial charge in [-0.2, -0.15) is 5.10 Å². The number of allylic oxidation sites excluding steroid dienone is 1. The molecule has 0 N–H and O–H groups in total. The van der Waals surface area contributed by atoms with Gasteiger partial charge in [0, 0.05) is 16.7 Å². The van der Waals surface area contributed by atoms with Crippen molar-refractivity contribution in [3.63, 3.8) is 0 Å². The number of nitrogens with zero attached hydrogens (tertiary/aromatic N) is 2. The molecule has 0 radical (unpaired) electrons. The molecule has 0 atom stereocenters. The molecular formula is C25H22N2O. The van der Waals surface area contributed by atoms with Gasteiger partial charge in [-0.3, -0.25) is 4.68 Å². The Balaban J connectivity index is 2.02. The number of hydrogen-bond acceptors (Lipinski definition) is 2. The molecule has 3 aromatic carbocycles. The lowest BCUT2D eigenvalue weighted by Gasteiger charge is -2.10. The molecule has 3 nitrogen and oxygen atoms in total. The van der Waals surface area contributed by atoms with Crippen LogP contribution in [0.3, 0.4) is 0 Å². The number of rotatable bonds is 6. The molecule has 28 heavy (non-hydrogen) atoms. The highest BCUT2D eigenvalue weighted by molar-refractivity contribution is 5.91. The zero-order chi connectivity index (χ0) is 19.3. The molecule has 1 aromatic heterocycles. The van der Waals surface area contributed by atoms with Crippen molar-refractivity contribution in [2.75, 3.05) is 7.11 Å². The molecule has 0 aliphatic carbocycles. The summed E-state index contributed by atoms with van der Waals surface area (Å²) in [6.07, 6.45) is 1.88. The smallest absolute Gasteiger partial charge is 0.118 e. The van der Waals surface area contributed by atoms with Crippen molar-refractivity contribution in [1.82, 2.24) is 9.78 Å². The lowest BCUT2D eigenvalue weighted by atomic mass is 9.95. The van der Waals surface area contributed by atoms with Gasteiger partial charge in [0.1, 0.15) is 11.4 Å². The van der Waals surface area contributed by atoms with Crippen LogP contribution in [0.5, 0.6) is 5.75 Å². The van der Waals surface area contributed by atoms with Crippen molar-refractivity contribution >= 4 is 0 Å². The highest BCUT2D eigenvalue weighted by Gasteiger charge is 2.21. The molecule has 4 aromatic rings. The monoisotopic (exact) mass is 366 g/mol. The summed E-state index contributed by atoms with van der Waals surface area (Å²) in [6.45, 7) is 4.56. The second-order valence-corrected chi connectivity index (χ2v) is 6.50. The Morgan fingerprint density at radius 1 is 0.821 bits per heavy atom. The van der Waals surface area contributed by atoms with Crippen molar-refractivity contribution in [1.29, 1.82) is 0 Å². The van der Waals surface area contributed by atoms with Crippen LogP contribution >= 0.6 is 0 Å². The Hall–Kier alpha value is -3.59. The summed E-state index contributed by atoms with van der Waals surface area (Å²) in [7, 11) is 1.68. The predicted octanol–water partition coefficient (Wildman–Crippen LogP) is 6.08. The Morgan fingerprint density at radius 2 is 1.43 bits per heavy atom. The number of benzene rings is 3. The number of methoxy groups -OCH3 is 1. The van der Waals surface area contributed by atoms with Crippen molar-refractivity contribution in [3.8, 4) is 39.4 Å². The van der Waals surface area contributed by atoms with E-state index in [9.17, 15) is 0 Å². The molecule has 1 heterocycles. The van der Waals surface area contributed by atoms with Crippen LogP contribution in [0.2, 0.25) is 0 Å². The summed E-state index contributed by atoms with van der Waals surface area (Å²) in [4.78, 5) is 0. The lowest BCUT2D eigenvalue weighted by Crippen LogP contribution is -2.00. The van der Waals surface area contributed by atoms with Crippen molar-refractivity contribution in [3.05, 3.63) is 97.6 Å². The van der Waals surface area contributed by atoms with Crippen LogP contribution in [0, 0.1) is 0 Å². The van der Waals surface area contributed by atoms with Gasteiger partial charge in [0.15, 0.2) is 0 Å². The van der Waals surface area contributed by atoms with E-state index in [1.807, 2.05) is 47.2 Å². The fraction of sp³-hybridized carbons (Fsp3) is 0.0800. The van der Waals surface area contributed by atoms with E-state index in [2.05, 4.69) is 55.1 Å². The fourth-order valence-electron chi connectivity index (χ4n) is 3.43. The van der Waals surface area contributed by atoms with Gasteiger partial charge < -0.3 is 4.74 Å². The second kappa shape index (κ2) is 7.97. The van der Waals surface area contributed by atoms with E-state index < -0.39 is 0 Å². The van der Waals surface area contributed by atoms with Gasteiger partial charge in [-0.1, -0.05) is 78.9 Å². The summed E-state index contributed by atoms with van der Waals surface area (Å²) in [5.41, 5.74) is 6.49. The minimum atomic E-state index is 0.639. The predicted molar refractivity (Wildman–Crippen MR) is 115 cm³/mol. The van der Waals surface area contributed by atoms with Gasteiger partial charge in [0.25, 0.3) is 0 Å². The van der Waals surface area contributed by atoms with E-state index in [0.29, 0.717) is 6.54 Å². The highest BCUT2D eigenvalue weighted by atomic mass is 16.5. The largest absolute Gasteiger partial charge is 0.497 e. The van der Waals surface area contributed by atoms with Gasteiger partial charge in [-0.15, -0.1) is 6.58 Å². The summed E-state index contributed by atoms with van der Waals surface area (Å²) < 4.78 is 7.38. The van der Waals surface area contributed by atoms with E-state index in [0.717, 1.165) is 39.4 Å². The first-order valence-corrected chi connectivity index (χ1v) is 9.29. The number of aromatic nitrogens is 2. The minimum absolute atomic E-state index is 0.639. The third-order valence-electron chi connectivity index (χ3n) is 4.73. The second-order valence-electron chi connectivity index (χ2n) is 6.50. The topological polar surface area (TPSA) is 27.1 Å². The van der Waals surface area contributed by atoms with Gasteiger partial charge in [-0.25, -0.2) is 0 Å². The fourth-order valence-corrected chi connectivity index (χ4v) is 3.43. The molecular weight excluding hydrogens is 344 g/mol. The molecule has 4 rings (SSSR count). The van der Waals surface area contributed by atoms with Crippen molar-refractivity contribution in [2.45, 2.75) is 6.54 Å². The average Bonchev–Trinajstić information content (AvgIpc) is 3.14. The molecule has 0 bridgehead atoms. The summed E-state index contributed by atoms with van der Waals surface area (Å²) in [6, 6.07) is 28.9. The van der Waals surface area contributed by atoms with Gasteiger partial charge in [-0.05, 0) is 17.7 Å². The summed E-state index contributed by atoms with van der Waals surface area (Å²) >= 11 is 0. The number of hydrogen-bond donors (Lipinski definition) is 0. The van der Waals surface area contributed by atoms with Crippen molar-refractivity contribution < 1.29 is 4.74 Å². The third kappa shape index (κ3) is 3.35. The van der Waals surface area contributed by atoms with E-state index in [4.69, 9.17) is 9.84 Å². The van der Waals surface area contributed by atoms with Crippen LogP contribution in [-0.2, 0) is 6.54 Å². The van der Waals surface area contributed by atoms with Crippen LogP contribution in [-0.4, -0.2) is 16.9 Å². The van der Waals surface area contributed by atoms with Crippen LogP contribution in [0.4, 0.5) is 0 Å². The van der Waals surface area contributed by atoms with Crippen LogP contribution in [0.15, 0.2) is 97.6 Å². The zero-order valence-electron chi connectivity index (χ0n) is 15.9. The molecule has 0 aliphatic heterocycles. The SMILES string of the molecule is C=CCn1nc(-c2ccccc2)c(-c2ccc(OC)cc2)c1-c1ccccc1. The van der Waals surface area contributed by atoms with Crippen LogP contribution in [0.1, 0.15) is 0 Å². The quantitative estimate of drug-likeness (QED) is 0.387. The minimum Gasteiger partial charge on any atom is -0.497 e. The first-order chi connectivity index (χ1) is 13.8. The van der Waals surface area contributed by atoms with Crippen LogP contribution < -0.4 is 4.74 Å². The maximum atomic E-state index is 5.34. The molecule has 0 amide bonds. The lowest BCUT2D eigenvalue weighted by molar-refractivity contribution is 0.415. The van der Waals surface area contributed by atoms with Crippen LogP contribution in [0.25, 0.3) is 33.6 Å². The van der Waals surface area contributed by atoms with E-state index >= 15 is 0 Å².